The standard InChI is InChI=1S/C23H26N4O4/c1-17(23(18-7-3-2-4-8-18)26-11-13-30-14-12-26)24-25-21(28)15-27-19-9-5-6-10-20(19)31-16-22(27)29/h2-10,23H,11-16H2,1H3,(H,25,28)/p+1/b24-17-/t23-/m1/s1. The van der Waals surface area contributed by atoms with Gasteiger partial charge in [0.05, 0.1) is 24.6 Å². The molecule has 0 radical (unpaired) electrons. The van der Waals surface area contributed by atoms with Crippen molar-refractivity contribution in [3.05, 3.63) is 60.2 Å². The average Bonchev–Trinajstić information content (AvgIpc) is 2.81. The van der Waals surface area contributed by atoms with E-state index in [9.17, 15) is 9.59 Å². The number of fused-ring (bicyclic) bond motifs is 1. The molecular weight excluding hydrogens is 396 g/mol. The van der Waals surface area contributed by atoms with Crippen LogP contribution < -0.4 is 20.0 Å². The van der Waals surface area contributed by atoms with E-state index in [-0.39, 0.29) is 31.0 Å². The second kappa shape index (κ2) is 9.72. The number of para-hydroxylation sites is 2. The van der Waals surface area contributed by atoms with Crippen LogP contribution in [0.2, 0.25) is 0 Å². The highest BCUT2D eigenvalue weighted by Gasteiger charge is 2.30. The van der Waals surface area contributed by atoms with E-state index in [1.54, 1.807) is 12.1 Å². The number of hydrazone groups is 1. The Kier molecular flexibility index (Phi) is 6.59. The molecule has 8 heteroatoms. The first-order valence-electron chi connectivity index (χ1n) is 10.5. The molecule has 0 spiro atoms. The van der Waals surface area contributed by atoms with Crippen molar-refractivity contribution in [2.75, 3.05) is 44.4 Å². The first-order chi connectivity index (χ1) is 15.1. The van der Waals surface area contributed by atoms with Gasteiger partial charge < -0.3 is 14.4 Å². The SMILES string of the molecule is C/C(=N/NC(=O)CN1C(=O)COc2ccccc21)[C@H](c1ccccc1)[NH+]1CCOCC1. The molecule has 31 heavy (non-hydrogen) atoms. The van der Waals surface area contributed by atoms with Crippen LogP contribution in [-0.4, -0.2) is 57.0 Å². The van der Waals surface area contributed by atoms with Crippen LogP contribution in [0.15, 0.2) is 59.7 Å². The van der Waals surface area contributed by atoms with Gasteiger partial charge in [0, 0.05) is 5.56 Å². The summed E-state index contributed by atoms with van der Waals surface area (Å²) < 4.78 is 10.9. The molecule has 1 atom stereocenters. The Morgan fingerprint density at radius 1 is 1.13 bits per heavy atom. The maximum absolute atomic E-state index is 12.6. The molecule has 1 saturated heterocycles. The van der Waals surface area contributed by atoms with Crippen LogP contribution in [-0.2, 0) is 14.3 Å². The summed E-state index contributed by atoms with van der Waals surface area (Å²) in [5.74, 6) is -0.0164. The van der Waals surface area contributed by atoms with Crippen LogP contribution in [0.25, 0.3) is 0 Å². The number of nitrogens with one attached hydrogen (secondary N) is 2. The van der Waals surface area contributed by atoms with Gasteiger partial charge in [0.1, 0.15) is 25.4 Å². The second-order valence-corrected chi connectivity index (χ2v) is 7.64. The van der Waals surface area contributed by atoms with Gasteiger partial charge in [-0.25, -0.2) is 5.43 Å². The number of anilines is 1. The minimum Gasteiger partial charge on any atom is -0.482 e. The van der Waals surface area contributed by atoms with Crippen molar-refractivity contribution < 1.29 is 24.0 Å². The Balaban J connectivity index is 1.47. The van der Waals surface area contributed by atoms with Crippen molar-refractivity contribution in [2.24, 2.45) is 5.10 Å². The number of rotatable bonds is 6. The van der Waals surface area contributed by atoms with E-state index in [0.717, 1.165) is 24.4 Å². The lowest BCUT2D eigenvalue weighted by Crippen LogP contribution is -3.15. The van der Waals surface area contributed by atoms with E-state index in [2.05, 4.69) is 22.7 Å². The van der Waals surface area contributed by atoms with Crippen molar-refractivity contribution in [1.82, 2.24) is 5.43 Å². The molecule has 0 aromatic heterocycles. The Morgan fingerprint density at radius 2 is 1.84 bits per heavy atom. The molecule has 0 bridgehead atoms. The first-order valence-corrected chi connectivity index (χ1v) is 10.5. The van der Waals surface area contributed by atoms with Crippen LogP contribution >= 0.6 is 0 Å². The van der Waals surface area contributed by atoms with Crippen molar-refractivity contribution >= 4 is 23.2 Å². The fourth-order valence-corrected chi connectivity index (χ4v) is 4.06. The molecule has 4 rings (SSSR count). The fourth-order valence-electron chi connectivity index (χ4n) is 4.06. The number of morpholine rings is 1. The highest BCUT2D eigenvalue weighted by Crippen LogP contribution is 2.31. The van der Waals surface area contributed by atoms with Gasteiger partial charge >= 0.3 is 0 Å². The van der Waals surface area contributed by atoms with Gasteiger partial charge in [-0.3, -0.25) is 14.5 Å². The Bertz CT molecular complexity index is 957. The number of ether oxygens (including phenoxy) is 2. The minimum absolute atomic E-state index is 0.0242. The zero-order valence-corrected chi connectivity index (χ0v) is 17.5. The number of benzene rings is 2. The molecule has 2 N–H and O–H groups in total. The van der Waals surface area contributed by atoms with Gasteiger partial charge in [0.15, 0.2) is 12.6 Å². The van der Waals surface area contributed by atoms with Crippen LogP contribution in [0.3, 0.4) is 0 Å². The van der Waals surface area contributed by atoms with Crippen molar-refractivity contribution in [1.29, 1.82) is 0 Å². The number of quaternary nitrogens is 1. The number of carbonyl (C=O) groups excluding carboxylic acids is 2. The van der Waals surface area contributed by atoms with E-state index >= 15 is 0 Å². The summed E-state index contributed by atoms with van der Waals surface area (Å²) in [5.41, 5.74) is 5.19. The molecule has 2 aromatic carbocycles. The smallest absolute Gasteiger partial charge is 0.265 e. The van der Waals surface area contributed by atoms with Crippen molar-refractivity contribution in [3.63, 3.8) is 0 Å². The number of amides is 2. The monoisotopic (exact) mass is 423 g/mol. The summed E-state index contributed by atoms with van der Waals surface area (Å²) in [6, 6.07) is 17.4. The molecule has 0 aliphatic carbocycles. The molecule has 0 saturated carbocycles. The van der Waals surface area contributed by atoms with Crippen LogP contribution in [0.5, 0.6) is 5.75 Å². The topological polar surface area (TPSA) is 84.7 Å². The van der Waals surface area contributed by atoms with E-state index in [1.165, 1.54) is 9.80 Å². The van der Waals surface area contributed by atoms with Gasteiger partial charge in [-0.2, -0.15) is 5.10 Å². The Morgan fingerprint density at radius 3 is 2.61 bits per heavy atom. The maximum Gasteiger partial charge on any atom is 0.265 e. The third-order valence-corrected chi connectivity index (χ3v) is 5.56. The largest absolute Gasteiger partial charge is 0.482 e. The number of nitrogens with zero attached hydrogens (tertiary/aromatic N) is 2. The third-order valence-electron chi connectivity index (χ3n) is 5.56. The molecular formula is C23H27N4O4+. The zero-order valence-electron chi connectivity index (χ0n) is 17.5. The van der Waals surface area contributed by atoms with Crippen LogP contribution in [0, 0.1) is 0 Å². The quantitative estimate of drug-likeness (QED) is 0.525. The molecule has 162 valence electrons. The second-order valence-electron chi connectivity index (χ2n) is 7.64. The van der Waals surface area contributed by atoms with E-state index in [1.807, 2.05) is 37.3 Å². The number of carbonyl (C=O) groups is 2. The molecule has 2 aliphatic heterocycles. The lowest BCUT2D eigenvalue weighted by atomic mass is 10.0. The minimum atomic E-state index is -0.354. The van der Waals surface area contributed by atoms with Crippen molar-refractivity contribution in [3.8, 4) is 5.75 Å². The summed E-state index contributed by atoms with van der Waals surface area (Å²) in [7, 11) is 0. The molecule has 2 aliphatic rings. The summed E-state index contributed by atoms with van der Waals surface area (Å²) in [6.07, 6.45) is 0. The van der Waals surface area contributed by atoms with Gasteiger partial charge in [-0.1, -0.05) is 42.5 Å². The van der Waals surface area contributed by atoms with Gasteiger partial charge in [-0.15, -0.1) is 0 Å². The summed E-state index contributed by atoms with van der Waals surface area (Å²) in [6.45, 7) is 4.89. The molecule has 2 heterocycles. The van der Waals surface area contributed by atoms with Gasteiger partial charge in [0.2, 0.25) is 0 Å². The summed E-state index contributed by atoms with van der Waals surface area (Å²) >= 11 is 0. The number of hydrogen-bond acceptors (Lipinski definition) is 5. The van der Waals surface area contributed by atoms with E-state index in [4.69, 9.17) is 9.47 Å². The van der Waals surface area contributed by atoms with Crippen LogP contribution in [0.4, 0.5) is 5.69 Å². The predicted octanol–water partition coefficient (Wildman–Crippen LogP) is 0.561. The highest BCUT2D eigenvalue weighted by molar-refractivity contribution is 6.02. The lowest BCUT2D eigenvalue weighted by molar-refractivity contribution is -0.928. The number of hydrogen-bond donors (Lipinski definition) is 2. The van der Waals surface area contributed by atoms with Gasteiger partial charge in [-0.05, 0) is 19.1 Å². The van der Waals surface area contributed by atoms with Gasteiger partial charge in [0.25, 0.3) is 11.8 Å². The first kappa shape index (κ1) is 21.0. The zero-order chi connectivity index (χ0) is 21.6. The molecule has 0 unspecified atom stereocenters. The molecule has 2 amide bonds. The normalized spacial score (nSPS) is 18.2. The van der Waals surface area contributed by atoms with E-state index in [0.29, 0.717) is 24.7 Å². The summed E-state index contributed by atoms with van der Waals surface area (Å²) in [5, 5.41) is 4.41. The third kappa shape index (κ3) is 4.92. The molecule has 2 aromatic rings. The fraction of sp³-hybridized carbons (Fsp3) is 0.348. The lowest BCUT2D eigenvalue weighted by Gasteiger charge is -2.31. The maximum atomic E-state index is 12.6. The average molecular weight is 423 g/mol. The van der Waals surface area contributed by atoms with E-state index < -0.39 is 0 Å². The Labute approximate surface area is 181 Å². The highest BCUT2D eigenvalue weighted by atomic mass is 16.5. The molecule has 1 fully saturated rings. The Hall–Kier alpha value is -3.23. The summed E-state index contributed by atoms with van der Waals surface area (Å²) in [4.78, 5) is 27.7. The molecule has 8 nitrogen and oxygen atoms in total. The predicted molar refractivity (Wildman–Crippen MR) is 116 cm³/mol. The van der Waals surface area contributed by atoms with Crippen LogP contribution in [0.1, 0.15) is 18.5 Å². The van der Waals surface area contributed by atoms with Crippen molar-refractivity contribution in [2.45, 2.75) is 13.0 Å².